The van der Waals surface area contributed by atoms with Crippen molar-refractivity contribution >= 4 is 23.2 Å². The van der Waals surface area contributed by atoms with Gasteiger partial charge in [0.2, 0.25) is 5.78 Å². The van der Waals surface area contributed by atoms with Crippen molar-refractivity contribution in [1.29, 1.82) is 0 Å². The molecule has 4 aliphatic rings. The van der Waals surface area contributed by atoms with Crippen molar-refractivity contribution < 1.29 is 23.9 Å². The smallest absolute Gasteiger partial charge is 0.303 e. The highest BCUT2D eigenvalue weighted by Crippen LogP contribution is 2.67. The third-order valence-electron chi connectivity index (χ3n) is 9.71. The van der Waals surface area contributed by atoms with Gasteiger partial charge in [-0.25, -0.2) is 0 Å². The molecule has 0 heterocycles. The number of benzene rings is 1. The molecule has 1 unspecified atom stereocenters. The Labute approximate surface area is 220 Å². The van der Waals surface area contributed by atoms with E-state index in [0.29, 0.717) is 18.8 Å². The number of anilines is 1. The summed E-state index contributed by atoms with van der Waals surface area (Å²) < 4.78 is 11.4. The molecule has 0 N–H and O–H groups in total. The van der Waals surface area contributed by atoms with E-state index in [4.69, 9.17) is 9.47 Å². The quantitative estimate of drug-likeness (QED) is 0.497. The predicted molar refractivity (Wildman–Crippen MR) is 142 cm³/mol. The number of hydrogen-bond donors (Lipinski definition) is 0. The molecule has 0 amide bonds. The highest BCUT2D eigenvalue weighted by molar-refractivity contribution is 5.93. The Morgan fingerprint density at radius 2 is 1.81 bits per heavy atom. The van der Waals surface area contributed by atoms with Crippen LogP contribution in [0.3, 0.4) is 0 Å². The Kier molecular flexibility index (Phi) is 6.68. The number of nitrogens with zero attached hydrogens (tertiary/aromatic N) is 1. The summed E-state index contributed by atoms with van der Waals surface area (Å²) in [6.07, 6.45) is 7.17. The van der Waals surface area contributed by atoms with Crippen LogP contribution in [0.15, 0.2) is 47.1 Å². The molecule has 0 aromatic heterocycles. The Morgan fingerprint density at radius 3 is 2.46 bits per heavy atom. The fraction of sp³-hybridized carbons (Fsp3) is 0.581. The molecule has 37 heavy (non-hydrogen) atoms. The zero-order valence-electron chi connectivity index (χ0n) is 22.8. The van der Waals surface area contributed by atoms with Gasteiger partial charge in [0.25, 0.3) is 0 Å². The molecule has 0 radical (unpaired) electrons. The molecule has 1 aromatic carbocycles. The summed E-state index contributed by atoms with van der Waals surface area (Å²) in [6.45, 7) is 3.52. The number of Topliss-reactive ketones (excluding diaryl/α,β-unsaturated/α-hetero) is 1. The van der Waals surface area contributed by atoms with Gasteiger partial charge in [0.15, 0.2) is 11.4 Å². The highest BCUT2D eigenvalue weighted by atomic mass is 16.6. The lowest BCUT2D eigenvalue weighted by Gasteiger charge is -2.55. The van der Waals surface area contributed by atoms with E-state index in [0.717, 1.165) is 37.8 Å². The summed E-state index contributed by atoms with van der Waals surface area (Å²) >= 11 is 0. The van der Waals surface area contributed by atoms with E-state index in [9.17, 15) is 14.4 Å². The van der Waals surface area contributed by atoms with Crippen LogP contribution in [0.5, 0.6) is 0 Å². The second-order valence-corrected chi connectivity index (χ2v) is 11.8. The van der Waals surface area contributed by atoms with E-state index in [2.05, 4.69) is 36.1 Å². The highest BCUT2D eigenvalue weighted by Gasteiger charge is 2.68. The third kappa shape index (κ3) is 4.08. The average Bonchev–Trinajstić information content (AvgIpc) is 3.15. The second-order valence-electron chi connectivity index (χ2n) is 11.8. The molecule has 0 bridgehead atoms. The van der Waals surface area contributed by atoms with Crippen LogP contribution in [0.1, 0.15) is 70.3 Å². The molecule has 1 aromatic rings. The first-order valence-corrected chi connectivity index (χ1v) is 13.6. The molecule has 2 fully saturated rings. The Bertz CT molecular complexity index is 1180. The van der Waals surface area contributed by atoms with Crippen molar-refractivity contribution in [3.63, 3.8) is 0 Å². The van der Waals surface area contributed by atoms with Gasteiger partial charge < -0.3 is 14.4 Å². The number of carbonyl (C=O) groups is 3. The first-order chi connectivity index (χ1) is 17.6. The molecule has 198 valence electrons. The molecule has 6 nitrogen and oxygen atoms in total. The monoisotopic (exact) mass is 505 g/mol. The van der Waals surface area contributed by atoms with Crippen LogP contribution >= 0.6 is 0 Å². The lowest BCUT2D eigenvalue weighted by molar-refractivity contribution is -0.185. The summed E-state index contributed by atoms with van der Waals surface area (Å²) in [5.74, 6) is 0.301. The molecular formula is C31H39NO5. The van der Waals surface area contributed by atoms with Crippen LogP contribution < -0.4 is 4.90 Å². The zero-order valence-corrected chi connectivity index (χ0v) is 22.8. The van der Waals surface area contributed by atoms with E-state index in [-0.39, 0.29) is 30.0 Å². The van der Waals surface area contributed by atoms with Gasteiger partial charge in [-0.2, -0.15) is 0 Å². The number of ether oxygens (including phenoxy) is 2. The number of esters is 1. The van der Waals surface area contributed by atoms with Gasteiger partial charge in [0, 0.05) is 51.6 Å². The number of carbonyl (C=O) groups excluding carboxylic acids is 3. The van der Waals surface area contributed by atoms with Crippen LogP contribution in [0, 0.1) is 17.3 Å². The molecule has 0 aliphatic heterocycles. The fourth-order valence-electron chi connectivity index (χ4n) is 8.13. The van der Waals surface area contributed by atoms with Crippen molar-refractivity contribution in [3.05, 3.63) is 52.6 Å². The Morgan fingerprint density at radius 1 is 1.08 bits per heavy atom. The molecule has 5 atom stereocenters. The van der Waals surface area contributed by atoms with E-state index in [1.807, 2.05) is 20.2 Å². The number of methoxy groups -OCH3 is 1. The Hall–Kier alpha value is -2.73. The van der Waals surface area contributed by atoms with Gasteiger partial charge in [-0.3, -0.25) is 14.4 Å². The average molecular weight is 506 g/mol. The summed E-state index contributed by atoms with van der Waals surface area (Å²) in [6, 6.07) is 8.72. The van der Waals surface area contributed by atoms with Crippen molar-refractivity contribution in [2.75, 3.05) is 32.7 Å². The van der Waals surface area contributed by atoms with Crippen LogP contribution in [0.25, 0.3) is 0 Å². The van der Waals surface area contributed by atoms with Gasteiger partial charge in [-0.15, -0.1) is 0 Å². The third-order valence-corrected chi connectivity index (χ3v) is 9.71. The van der Waals surface area contributed by atoms with Gasteiger partial charge in [-0.1, -0.05) is 24.6 Å². The standard InChI is InChI=1S/C31H39NO5/c1-19(33)37-31(28(35)18-36-5)15-14-27-25-12-8-21-16-23(34)11-13-24(21)29(25)26(17-30(27,31)2)20-6-9-22(10-7-20)32(3)4/h6-7,9-10,16,25-27H,8,11-15,17-18H2,1-5H3/t25-,26?,27-,30-,31-/m0/s1. The predicted octanol–water partition coefficient (Wildman–Crippen LogP) is 5.17. The minimum Gasteiger partial charge on any atom is -0.451 e. The zero-order chi connectivity index (χ0) is 26.5. The maximum atomic E-state index is 13.7. The maximum absolute atomic E-state index is 13.7. The van der Waals surface area contributed by atoms with Crippen LogP contribution in [0.4, 0.5) is 5.69 Å². The summed E-state index contributed by atoms with van der Waals surface area (Å²) in [5, 5.41) is 0. The Balaban J connectivity index is 1.68. The van der Waals surface area contributed by atoms with Gasteiger partial charge >= 0.3 is 5.97 Å². The number of fused-ring (bicyclic) bond motifs is 4. The topological polar surface area (TPSA) is 72.9 Å². The van der Waals surface area contributed by atoms with Crippen molar-refractivity contribution in [3.8, 4) is 0 Å². The van der Waals surface area contributed by atoms with Crippen molar-refractivity contribution in [2.45, 2.75) is 70.3 Å². The lowest BCUT2D eigenvalue weighted by Crippen LogP contribution is -2.58. The van der Waals surface area contributed by atoms with Gasteiger partial charge in [-0.05, 0) is 85.3 Å². The SMILES string of the molecule is COCC(=O)[C@@]1(OC(C)=O)CC[C@H]2[C@@H]3CCC4=CC(=O)CCC4=C3C(c3ccc(N(C)C)cc3)C[C@@]21C. The number of rotatable bonds is 6. The number of allylic oxidation sites excluding steroid dienone is 4. The molecule has 2 saturated carbocycles. The van der Waals surface area contributed by atoms with Crippen molar-refractivity contribution in [1.82, 2.24) is 0 Å². The van der Waals surface area contributed by atoms with Crippen molar-refractivity contribution in [2.24, 2.45) is 17.3 Å². The van der Waals surface area contributed by atoms with E-state index in [1.165, 1.54) is 36.3 Å². The summed E-state index contributed by atoms with van der Waals surface area (Å²) in [4.78, 5) is 40.5. The summed E-state index contributed by atoms with van der Waals surface area (Å²) in [7, 11) is 5.59. The largest absolute Gasteiger partial charge is 0.451 e. The molecule has 5 rings (SSSR count). The first kappa shape index (κ1) is 25.9. The minimum absolute atomic E-state index is 0.0641. The van der Waals surface area contributed by atoms with Crippen LogP contribution in [-0.4, -0.2) is 50.9 Å². The molecule has 0 spiro atoms. The lowest BCUT2D eigenvalue weighted by atomic mass is 9.50. The molecular weight excluding hydrogens is 466 g/mol. The minimum atomic E-state index is -1.18. The molecule has 4 aliphatic carbocycles. The van der Waals surface area contributed by atoms with Gasteiger partial charge in [0.05, 0.1) is 0 Å². The number of ketones is 2. The van der Waals surface area contributed by atoms with E-state index < -0.39 is 17.0 Å². The van der Waals surface area contributed by atoms with Crippen LogP contribution in [-0.2, 0) is 23.9 Å². The van der Waals surface area contributed by atoms with Gasteiger partial charge in [0.1, 0.15) is 6.61 Å². The van der Waals surface area contributed by atoms with E-state index in [1.54, 1.807) is 0 Å². The molecule has 6 heteroatoms. The second kappa shape index (κ2) is 9.54. The molecule has 0 saturated heterocycles. The number of hydrogen-bond acceptors (Lipinski definition) is 6. The summed E-state index contributed by atoms with van der Waals surface area (Å²) in [5.41, 5.74) is 4.70. The van der Waals surface area contributed by atoms with E-state index >= 15 is 0 Å². The normalized spacial score (nSPS) is 32.7. The first-order valence-electron chi connectivity index (χ1n) is 13.6. The van der Waals surface area contributed by atoms with Crippen LogP contribution in [0.2, 0.25) is 0 Å². The maximum Gasteiger partial charge on any atom is 0.303 e. The fourth-order valence-corrected chi connectivity index (χ4v) is 8.13.